The number of anilines is 1. The highest BCUT2D eigenvalue weighted by Gasteiger charge is 2.23. The van der Waals surface area contributed by atoms with Gasteiger partial charge in [-0.15, -0.1) is 16.7 Å². The van der Waals surface area contributed by atoms with Crippen LogP contribution in [-0.2, 0) is 0 Å². The van der Waals surface area contributed by atoms with Crippen LogP contribution >= 0.6 is 11.6 Å². The minimum Gasteiger partial charge on any atom is -0.352 e. The molecule has 0 amide bonds. The van der Waals surface area contributed by atoms with Crippen molar-refractivity contribution >= 4 is 17.4 Å². The third-order valence-electron chi connectivity index (χ3n) is 2.36. The van der Waals surface area contributed by atoms with Gasteiger partial charge in [0.05, 0.1) is 5.69 Å². The molecule has 0 atom stereocenters. The van der Waals surface area contributed by atoms with E-state index in [1.54, 1.807) is 0 Å². The number of alkyl halides is 1. The summed E-state index contributed by atoms with van der Waals surface area (Å²) in [7, 11) is 1.97. The first-order valence-corrected chi connectivity index (χ1v) is 5.11. The maximum absolute atomic E-state index is 5.88. The lowest BCUT2D eigenvalue weighted by molar-refractivity contribution is 0.537. The van der Waals surface area contributed by atoms with Gasteiger partial charge in [-0.05, 0) is 32.9 Å². The lowest BCUT2D eigenvalue weighted by Gasteiger charge is -2.34. The molecular formula is C10H16ClN3. The van der Waals surface area contributed by atoms with Crippen molar-refractivity contribution in [3.8, 4) is 0 Å². The highest BCUT2D eigenvalue weighted by atomic mass is 35.5. The first-order chi connectivity index (χ1) is 6.47. The molecule has 0 radical (unpaired) electrons. The maximum atomic E-state index is 5.88. The van der Waals surface area contributed by atoms with Gasteiger partial charge in [0, 0.05) is 18.5 Å². The molecule has 0 aliphatic carbocycles. The maximum Gasteiger partial charge on any atom is 0.151 e. The SMILES string of the molecule is Cc1ccc(N(C)C(C)(C)CCl)nn1. The van der Waals surface area contributed by atoms with E-state index in [1.165, 1.54) is 0 Å². The molecule has 1 aromatic rings. The number of rotatable bonds is 3. The molecule has 3 nitrogen and oxygen atoms in total. The van der Waals surface area contributed by atoms with Crippen LogP contribution < -0.4 is 4.90 Å². The van der Waals surface area contributed by atoms with Gasteiger partial charge in [0.15, 0.2) is 5.82 Å². The van der Waals surface area contributed by atoms with Gasteiger partial charge in [0.2, 0.25) is 0 Å². The Morgan fingerprint density at radius 2 is 2.00 bits per heavy atom. The summed E-state index contributed by atoms with van der Waals surface area (Å²) in [6.45, 7) is 6.06. The van der Waals surface area contributed by atoms with Gasteiger partial charge in [0.25, 0.3) is 0 Å². The first kappa shape index (κ1) is 11.2. The van der Waals surface area contributed by atoms with Crippen molar-refractivity contribution in [1.82, 2.24) is 10.2 Å². The molecule has 0 aliphatic rings. The van der Waals surface area contributed by atoms with E-state index in [2.05, 4.69) is 24.0 Å². The summed E-state index contributed by atoms with van der Waals surface area (Å²) in [5.41, 5.74) is 0.816. The summed E-state index contributed by atoms with van der Waals surface area (Å²) >= 11 is 5.88. The van der Waals surface area contributed by atoms with Gasteiger partial charge >= 0.3 is 0 Å². The van der Waals surface area contributed by atoms with Crippen molar-refractivity contribution < 1.29 is 0 Å². The Morgan fingerprint density at radius 1 is 1.36 bits per heavy atom. The van der Waals surface area contributed by atoms with Crippen molar-refractivity contribution in [3.63, 3.8) is 0 Å². The van der Waals surface area contributed by atoms with Crippen LogP contribution in [0.25, 0.3) is 0 Å². The molecule has 1 heterocycles. The van der Waals surface area contributed by atoms with Crippen molar-refractivity contribution in [2.24, 2.45) is 0 Å². The normalized spacial score (nSPS) is 11.5. The zero-order valence-corrected chi connectivity index (χ0v) is 9.84. The average molecular weight is 214 g/mol. The molecule has 0 unspecified atom stereocenters. The third kappa shape index (κ3) is 2.35. The Bertz CT molecular complexity index is 295. The minimum atomic E-state index is -0.106. The molecule has 0 spiro atoms. The van der Waals surface area contributed by atoms with Gasteiger partial charge in [-0.25, -0.2) is 0 Å². The molecule has 0 bridgehead atoms. The molecule has 1 aromatic heterocycles. The van der Waals surface area contributed by atoms with Gasteiger partial charge < -0.3 is 4.90 Å². The van der Waals surface area contributed by atoms with E-state index >= 15 is 0 Å². The molecule has 0 N–H and O–H groups in total. The summed E-state index contributed by atoms with van der Waals surface area (Å²) in [6.07, 6.45) is 0. The van der Waals surface area contributed by atoms with E-state index < -0.39 is 0 Å². The average Bonchev–Trinajstić information content (AvgIpc) is 2.18. The van der Waals surface area contributed by atoms with Crippen LogP contribution in [0, 0.1) is 6.92 Å². The molecule has 0 aliphatic heterocycles. The van der Waals surface area contributed by atoms with Crippen molar-refractivity contribution in [2.45, 2.75) is 26.3 Å². The number of nitrogens with zero attached hydrogens (tertiary/aromatic N) is 3. The molecule has 1 rings (SSSR count). The third-order valence-corrected chi connectivity index (χ3v) is 3.02. The fourth-order valence-corrected chi connectivity index (χ4v) is 1.15. The number of hydrogen-bond donors (Lipinski definition) is 0. The van der Waals surface area contributed by atoms with E-state index in [4.69, 9.17) is 11.6 Å². The van der Waals surface area contributed by atoms with Crippen molar-refractivity contribution in [1.29, 1.82) is 0 Å². The number of halogens is 1. The van der Waals surface area contributed by atoms with E-state index in [1.807, 2.05) is 31.0 Å². The van der Waals surface area contributed by atoms with Crippen LogP contribution in [0.15, 0.2) is 12.1 Å². The fraction of sp³-hybridized carbons (Fsp3) is 0.600. The van der Waals surface area contributed by atoms with Gasteiger partial charge in [-0.2, -0.15) is 5.10 Å². The fourth-order valence-electron chi connectivity index (χ4n) is 0.971. The van der Waals surface area contributed by atoms with Crippen molar-refractivity contribution in [2.75, 3.05) is 17.8 Å². The molecule has 4 heteroatoms. The van der Waals surface area contributed by atoms with E-state index in [0.717, 1.165) is 11.5 Å². The lowest BCUT2D eigenvalue weighted by atomic mass is 10.1. The van der Waals surface area contributed by atoms with Crippen molar-refractivity contribution in [3.05, 3.63) is 17.8 Å². The minimum absolute atomic E-state index is 0.106. The van der Waals surface area contributed by atoms with Crippen LogP contribution in [0.4, 0.5) is 5.82 Å². The lowest BCUT2D eigenvalue weighted by Crippen LogP contribution is -2.43. The predicted octanol–water partition coefficient (Wildman–Crippen LogP) is 2.24. The topological polar surface area (TPSA) is 29.0 Å². The monoisotopic (exact) mass is 213 g/mol. The Kier molecular flexibility index (Phi) is 3.32. The smallest absolute Gasteiger partial charge is 0.151 e. The summed E-state index contributed by atoms with van der Waals surface area (Å²) in [5, 5.41) is 8.12. The Labute approximate surface area is 90.1 Å². The molecule has 0 saturated heterocycles. The Morgan fingerprint density at radius 3 is 2.43 bits per heavy atom. The molecule has 0 saturated carbocycles. The Hall–Kier alpha value is -0.830. The van der Waals surface area contributed by atoms with Crippen LogP contribution in [0.3, 0.4) is 0 Å². The number of hydrogen-bond acceptors (Lipinski definition) is 3. The highest BCUT2D eigenvalue weighted by Crippen LogP contribution is 2.20. The van der Waals surface area contributed by atoms with Crippen LogP contribution in [-0.4, -0.2) is 28.7 Å². The summed E-state index contributed by atoms with van der Waals surface area (Å²) < 4.78 is 0. The standard InChI is InChI=1S/C10H16ClN3/c1-8-5-6-9(13-12-8)14(4)10(2,3)7-11/h5-6H,7H2,1-4H3. The van der Waals surface area contributed by atoms with Crippen LogP contribution in [0.5, 0.6) is 0 Å². The van der Waals surface area contributed by atoms with Crippen LogP contribution in [0.1, 0.15) is 19.5 Å². The quantitative estimate of drug-likeness (QED) is 0.722. The van der Waals surface area contributed by atoms with E-state index in [-0.39, 0.29) is 5.54 Å². The predicted molar refractivity (Wildman–Crippen MR) is 60.0 cm³/mol. The molecule has 0 fully saturated rings. The van der Waals surface area contributed by atoms with E-state index in [0.29, 0.717) is 5.88 Å². The van der Waals surface area contributed by atoms with E-state index in [9.17, 15) is 0 Å². The molecule has 14 heavy (non-hydrogen) atoms. The number of aryl methyl sites for hydroxylation is 1. The molecule has 0 aromatic carbocycles. The second-order valence-electron chi connectivity index (χ2n) is 4.04. The summed E-state index contributed by atoms with van der Waals surface area (Å²) in [6, 6.07) is 3.90. The second kappa shape index (κ2) is 4.13. The Balaban J connectivity index is 2.89. The molecular weight excluding hydrogens is 198 g/mol. The zero-order chi connectivity index (χ0) is 10.8. The zero-order valence-electron chi connectivity index (χ0n) is 9.08. The summed E-state index contributed by atoms with van der Waals surface area (Å²) in [4.78, 5) is 2.03. The molecule has 78 valence electrons. The van der Waals surface area contributed by atoms with Gasteiger partial charge in [-0.1, -0.05) is 0 Å². The first-order valence-electron chi connectivity index (χ1n) is 4.57. The second-order valence-corrected chi connectivity index (χ2v) is 4.31. The highest BCUT2D eigenvalue weighted by molar-refractivity contribution is 6.18. The summed E-state index contributed by atoms with van der Waals surface area (Å²) in [5.74, 6) is 1.40. The number of aromatic nitrogens is 2. The van der Waals surface area contributed by atoms with Gasteiger partial charge in [-0.3, -0.25) is 0 Å². The largest absolute Gasteiger partial charge is 0.352 e. The van der Waals surface area contributed by atoms with Crippen LogP contribution in [0.2, 0.25) is 0 Å². The van der Waals surface area contributed by atoms with Gasteiger partial charge in [0.1, 0.15) is 0 Å².